The lowest BCUT2D eigenvalue weighted by Crippen LogP contribution is -2.52. The molecule has 5 nitrogen and oxygen atoms in total. The van der Waals surface area contributed by atoms with Crippen LogP contribution in [-0.2, 0) is 0 Å². The van der Waals surface area contributed by atoms with E-state index in [1.165, 1.54) is 88.6 Å². The standard InChI is InChI=1S/C40H22B2N4O/c1-5-17-29-23(11-1)25-15-9-21-33-37(25)45(29)41-39-35(27-13-3-7-19-31(27)43(33)41)36-28-14-4-8-20-32(28)44-34-22-10-16-26-24-12-2-6-18-30(24)46(38(26)34)42(44)40(36)47-39/h1-22H. The van der Waals surface area contributed by atoms with Crippen LogP contribution in [0.25, 0.3) is 65.9 Å². The normalized spacial score (nSPS) is 14.6. The van der Waals surface area contributed by atoms with Crippen LogP contribution < -0.4 is 20.9 Å². The number of hydrogen-bond acceptors (Lipinski definition) is 3. The molecule has 7 heterocycles. The van der Waals surface area contributed by atoms with Crippen LogP contribution in [0.3, 0.4) is 0 Å². The number of nitrogens with zero attached hydrogens (tertiary/aromatic N) is 4. The molecule has 4 aliphatic rings. The molecule has 0 unspecified atom stereocenters. The van der Waals surface area contributed by atoms with Crippen molar-refractivity contribution in [1.82, 2.24) is 8.96 Å². The topological polar surface area (TPSA) is 29.5 Å². The molecular formula is C40H22B2N4O. The van der Waals surface area contributed by atoms with Gasteiger partial charge in [0, 0.05) is 66.2 Å². The Morgan fingerprint density at radius 3 is 1.30 bits per heavy atom. The maximum Gasteiger partial charge on any atom is 0.459 e. The Labute approximate surface area is 269 Å². The molecule has 4 aliphatic heterocycles. The smallest absolute Gasteiger partial charge is 0.459 e. The molecule has 0 atom stereocenters. The first-order chi connectivity index (χ1) is 23.4. The van der Waals surface area contributed by atoms with Crippen LogP contribution in [0.2, 0.25) is 0 Å². The zero-order valence-electron chi connectivity index (χ0n) is 25.1. The minimum Gasteiger partial charge on any atom is -0.474 e. The van der Waals surface area contributed by atoms with Gasteiger partial charge in [-0.1, -0.05) is 97.1 Å². The van der Waals surface area contributed by atoms with E-state index in [0.29, 0.717) is 0 Å². The van der Waals surface area contributed by atoms with Crippen molar-refractivity contribution in [3.8, 4) is 22.3 Å². The van der Waals surface area contributed by atoms with Gasteiger partial charge in [0.25, 0.3) is 0 Å². The molecule has 7 heteroatoms. The maximum absolute atomic E-state index is 7.51. The highest BCUT2D eigenvalue weighted by molar-refractivity contribution is 6.85. The summed E-state index contributed by atoms with van der Waals surface area (Å²) in [6.45, 7) is -0.285. The summed E-state index contributed by atoms with van der Waals surface area (Å²) in [4.78, 5) is 5.02. The third kappa shape index (κ3) is 2.42. The van der Waals surface area contributed by atoms with Crippen molar-refractivity contribution < 1.29 is 4.42 Å². The molecule has 3 aromatic heterocycles. The quantitative estimate of drug-likeness (QED) is 0.165. The van der Waals surface area contributed by atoms with Gasteiger partial charge in [-0.15, -0.1) is 0 Å². The Morgan fingerprint density at radius 2 is 0.787 bits per heavy atom. The maximum atomic E-state index is 7.51. The molecule has 0 N–H and O–H groups in total. The SMILES string of the molecule is c1ccc2c(c1)-c1c(oc3c1-c1ccccc1N1B3n3c4ccccc4c4cccc1c43)B1N2c2cccc3c4ccccc4n1c23. The molecule has 6 aromatic carbocycles. The van der Waals surface area contributed by atoms with Gasteiger partial charge in [0.1, 0.15) is 11.3 Å². The van der Waals surface area contributed by atoms with Crippen LogP contribution in [0.4, 0.5) is 22.7 Å². The minimum absolute atomic E-state index is 0.142. The summed E-state index contributed by atoms with van der Waals surface area (Å²) in [7, 11) is 0. The molecule has 9 aromatic rings. The summed E-state index contributed by atoms with van der Waals surface area (Å²) in [6.07, 6.45) is 0. The molecule has 47 heavy (non-hydrogen) atoms. The lowest BCUT2D eigenvalue weighted by atomic mass is 9.61. The van der Waals surface area contributed by atoms with Gasteiger partial charge in [0.2, 0.25) is 0 Å². The fourth-order valence-electron chi connectivity index (χ4n) is 9.61. The Balaban J connectivity index is 1.20. The molecule has 0 saturated carbocycles. The van der Waals surface area contributed by atoms with Crippen molar-refractivity contribution in [2.45, 2.75) is 0 Å². The molecule has 0 bridgehead atoms. The van der Waals surface area contributed by atoms with Crippen LogP contribution in [0.15, 0.2) is 138 Å². The van der Waals surface area contributed by atoms with Crippen LogP contribution in [0.1, 0.15) is 0 Å². The molecule has 0 fully saturated rings. The van der Waals surface area contributed by atoms with Crippen molar-refractivity contribution >= 4 is 91.6 Å². The first-order valence-corrected chi connectivity index (χ1v) is 16.4. The highest BCUT2D eigenvalue weighted by Crippen LogP contribution is 2.54. The van der Waals surface area contributed by atoms with E-state index in [2.05, 4.69) is 152 Å². The van der Waals surface area contributed by atoms with Crippen molar-refractivity contribution in [3.63, 3.8) is 0 Å². The van der Waals surface area contributed by atoms with Gasteiger partial charge in [-0.2, -0.15) is 0 Å². The average Bonchev–Trinajstić information content (AvgIpc) is 3.93. The molecule has 214 valence electrons. The molecule has 0 radical (unpaired) electrons. The second kappa shape index (κ2) is 7.65. The van der Waals surface area contributed by atoms with E-state index in [4.69, 9.17) is 4.42 Å². The van der Waals surface area contributed by atoms with Crippen LogP contribution in [-0.4, -0.2) is 22.9 Å². The fourth-order valence-corrected chi connectivity index (χ4v) is 9.61. The molecule has 13 rings (SSSR count). The Hall–Kier alpha value is -6.07. The first-order valence-electron chi connectivity index (χ1n) is 16.4. The van der Waals surface area contributed by atoms with Crippen molar-refractivity contribution in [3.05, 3.63) is 133 Å². The van der Waals surface area contributed by atoms with Gasteiger partial charge < -0.3 is 23.0 Å². The largest absolute Gasteiger partial charge is 0.474 e. The lowest BCUT2D eigenvalue weighted by Gasteiger charge is -2.33. The lowest BCUT2D eigenvalue weighted by molar-refractivity contribution is 0.629. The fraction of sp³-hybridized carbons (Fsp3) is 0. The summed E-state index contributed by atoms with van der Waals surface area (Å²) >= 11 is 0. The zero-order chi connectivity index (χ0) is 30.1. The number of aromatic nitrogens is 2. The zero-order valence-corrected chi connectivity index (χ0v) is 25.1. The van der Waals surface area contributed by atoms with Crippen LogP contribution in [0, 0.1) is 0 Å². The highest BCUT2D eigenvalue weighted by Gasteiger charge is 2.54. The molecule has 0 aliphatic carbocycles. The van der Waals surface area contributed by atoms with Crippen LogP contribution >= 0.6 is 0 Å². The Bertz CT molecular complexity index is 2720. The highest BCUT2D eigenvalue weighted by atomic mass is 16.3. The first kappa shape index (κ1) is 23.3. The monoisotopic (exact) mass is 596 g/mol. The third-order valence-electron chi connectivity index (χ3n) is 11.2. The predicted molar refractivity (Wildman–Crippen MR) is 194 cm³/mol. The number of anilines is 4. The summed E-state index contributed by atoms with van der Waals surface area (Å²) in [5.74, 6) is 0. The molecule has 0 spiro atoms. The van der Waals surface area contributed by atoms with Gasteiger partial charge in [-0.25, -0.2) is 0 Å². The summed E-state index contributed by atoms with van der Waals surface area (Å²) < 4.78 is 12.6. The van der Waals surface area contributed by atoms with Gasteiger partial charge in [0.15, 0.2) is 0 Å². The third-order valence-corrected chi connectivity index (χ3v) is 11.2. The van der Waals surface area contributed by atoms with E-state index in [1.54, 1.807) is 0 Å². The van der Waals surface area contributed by atoms with Crippen LogP contribution in [0.5, 0.6) is 0 Å². The van der Waals surface area contributed by atoms with Crippen molar-refractivity contribution in [2.24, 2.45) is 0 Å². The average molecular weight is 596 g/mol. The second-order valence-electron chi connectivity index (χ2n) is 13.2. The van der Waals surface area contributed by atoms with E-state index in [0.717, 1.165) is 11.3 Å². The molecule has 0 amide bonds. The van der Waals surface area contributed by atoms with E-state index in [9.17, 15) is 0 Å². The predicted octanol–water partition coefficient (Wildman–Crippen LogP) is 8.25. The second-order valence-corrected chi connectivity index (χ2v) is 13.2. The van der Waals surface area contributed by atoms with Crippen molar-refractivity contribution in [2.75, 3.05) is 9.62 Å². The number of fused-ring (bicyclic) bond motifs is 23. The Morgan fingerprint density at radius 1 is 0.383 bits per heavy atom. The van der Waals surface area contributed by atoms with Gasteiger partial charge >= 0.3 is 14.0 Å². The summed E-state index contributed by atoms with van der Waals surface area (Å²) in [6, 6.07) is 49.0. The van der Waals surface area contributed by atoms with Gasteiger partial charge in [-0.3, -0.25) is 0 Å². The molecular weight excluding hydrogens is 574 g/mol. The summed E-state index contributed by atoms with van der Waals surface area (Å²) in [5, 5.41) is 5.13. The van der Waals surface area contributed by atoms with E-state index in [-0.39, 0.29) is 14.0 Å². The number of furan rings is 1. The minimum atomic E-state index is -0.142. The van der Waals surface area contributed by atoms with Crippen molar-refractivity contribution in [1.29, 1.82) is 0 Å². The number of rotatable bonds is 0. The summed E-state index contributed by atoms with van der Waals surface area (Å²) in [5.41, 5.74) is 16.8. The molecule has 0 saturated heterocycles. The van der Waals surface area contributed by atoms with E-state index in [1.807, 2.05) is 0 Å². The number of hydrogen-bond donors (Lipinski definition) is 0. The van der Waals surface area contributed by atoms with Gasteiger partial charge in [-0.05, 0) is 36.4 Å². The van der Waals surface area contributed by atoms with E-state index < -0.39 is 0 Å². The van der Waals surface area contributed by atoms with E-state index >= 15 is 0 Å². The number of para-hydroxylation sites is 6. The number of benzene rings is 6. The van der Waals surface area contributed by atoms with Gasteiger partial charge in [0.05, 0.1) is 22.4 Å². The Kier molecular flexibility index (Phi) is 3.79.